The standard InChI is InChI=1S/C14H23NS/c1-11-4-6-12(7-5-11)14(15)9-8-13-3-2-10-16-13/h2-3,10-12,14H,4-9,15H2,1H3. The second kappa shape index (κ2) is 5.83. The van der Waals surface area contributed by atoms with Crippen LogP contribution in [0.25, 0.3) is 0 Å². The summed E-state index contributed by atoms with van der Waals surface area (Å²) in [5.74, 6) is 1.72. The lowest BCUT2D eigenvalue weighted by Gasteiger charge is -2.30. The van der Waals surface area contributed by atoms with Crippen LogP contribution in [0, 0.1) is 11.8 Å². The second-order valence-corrected chi connectivity index (χ2v) is 6.33. The van der Waals surface area contributed by atoms with Gasteiger partial charge in [0.05, 0.1) is 0 Å². The van der Waals surface area contributed by atoms with Crippen molar-refractivity contribution >= 4 is 11.3 Å². The molecule has 1 aliphatic carbocycles. The number of hydrogen-bond donors (Lipinski definition) is 1. The maximum Gasteiger partial charge on any atom is 0.00706 e. The van der Waals surface area contributed by atoms with Gasteiger partial charge in [0, 0.05) is 10.9 Å². The Labute approximate surface area is 103 Å². The molecule has 1 nitrogen and oxygen atoms in total. The van der Waals surface area contributed by atoms with Gasteiger partial charge in [0.15, 0.2) is 0 Å². The Morgan fingerprint density at radius 2 is 2.12 bits per heavy atom. The Morgan fingerprint density at radius 3 is 2.75 bits per heavy atom. The zero-order valence-electron chi connectivity index (χ0n) is 10.2. The molecule has 1 fully saturated rings. The average molecular weight is 237 g/mol. The third kappa shape index (κ3) is 3.33. The summed E-state index contributed by atoms with van der Waals surface area (Å²) in [6.45, 7) is 2.37. The van der Waals surface area contributed by atoms with Gasteiger partial charge in [-0.25, -0.2) is 0 Å². The number of nitrogens with two attached hydrogens (primary N) is 1. The number of aryl methyl sites for hydroxylation is 1. The van der Waals surface area contributed by atoms with E-state index in [0.717, 1.165) is 11.8 Å². The van der Waals surface area contributed by atoms with Gasteiger partial charge in [-0.15, -0.1) is 11.3 Å². The summed E-state index contributed by atoms with van der Waals surface area (Å²) in [7, 11) is 0. The molecule has 0 amide bonds. The number of rotatable bonds is 4. The summed E-state index contributed by atoms with van der Waals surface area (Å²) in [6, 6.07) is 4.78. The minimum atomic E-state index is 0.426. The topological polar surface area (TPSA) is 26.0 Å². The minimum Gasteiger partial charge on any atom is -0.327 e. The van der Waals surface area contributed by atoms with Crippen LogP contribution in [0.5, 0.6) is 0 Å². The van der Waals surface area contributed by atoms with Crippen molar-refractivity contribution in [1.29, 1.82) is 0 Å². The molecule has 1 heterocycles. The fraction of sp³-hybridized carbons (Fsp3) is 0.714. The van der Waals surface area contributed by atoms with Crippen LogP contribution >= 0.6 is 11.3 Å². The molecule has 1 atom stereocenters. The first-order chi connectivity index (χ1) is 7.75. The lowest BCUT2D eigenvalue weighted by atomic mass is 9.78. The Hall–Kier alpha value is -0.340. The van der Waals surface area contributed by atoms with Crippen LogP contribution in [-0.2, 0) is 6.42 Å². The van der Waals surface area contributed by atoms with Gasteiger partial charge < -0.3 is 5.73 Å². The highest BCUT2D eigenvalue weighted by Gasteiger charge is 2.23. The molecular weight excluding hydrogens is 214 g/mol. The summed E-state index contributed by atoms with van der Waals surface area (Å²) in [5.41, 5.74) is 6.32. The van der Waals surface area contributed by atoms with Gasteiger partial charge in [-0.2, -0.15) is 0 Å². The molecule has 0 saturated heterocycles. The zero-order valence-corrected chi connectivity index (χ0v) is 11.0. The van der Waals surface area contributed by atoms with Crippen LogP contribution in [0.15, 0.2) is 17.5 Å². The van der Waals surface area contributed by atoms with Gasteiger partial charge >= 0.3 is 0 Å². The first-order valence-corrected chi connectivity index (χ1v) is 7.41. The van der Waals surface area contributed by atoms with Crippen LogP contribution in [0.1, 0.15) is 43.9 Å². The molecule has 1 aromatic rings. The van der Waals surface area contributed by atoms with Crippen LogP contribution in [0.4, 0.5) is 0 Å². The van der Waals surface area contributed by atoms with Gasteiger partial charge in [0.1, 0.15) is 0 Å². The normalized spacial score (nSPS) is 27.9. The van der Waals surface area contributed by atoms with Crippen molar-refractivity contribution < 1.29 is 0 Å². The molecule has 0 aliphatic heterocycles. The maximum absolute atomic E-state index is 6.32. The summed E-state index contributed by atoms with van der Waals surface area (Å²) in [6.07, 6.45) is 7.82. The van der Waals surface area contributed by atoms with Gasteiger partial charge in [-0.3, -0.25) is 0 Å². The molecule has 0 radical (unpaired) electrons. The van der Waals surface area contributed by atoms with E-state index >= 15 is 0 Å². The molecular formula is C14H23NS. The minimum absolute atomic E-state index is 0.426. The van der Waals surface area contributed by atoms with Crippen LogP contribution in [-0.4, -0.2) is 6.04 Å². The molecule has 0 bridgehead atoms. The van der Waals surface area contributed by atoms with Gasteiger partial charge in [-0.05, 0) is 49.0 Å². The summed E-state index contributed by atoms with van der Waals surface area (Å²) in [5, 5.41) is 2.16. The predicted molar refractivity (Wildman–Crippen MR) is 71.7 cm³/mol. The third-order valence-corrected chi connectivity index (χ3v) is 4.91. The summed E-state index contributed by atoms with van der Waals surface area (Å²) < 4.78 is 0. The average Bonchev–Trinajstić information content (AvgIpc) is 2.80. The number of hydrogen-bond acceptors (Lipinski definition) is 2. The van der Waals surface area contributed by atoms with Crippen molar-refractivity contribution in [3.05, 3.63) is 22.4 Å². The van der Waals surface area contributed by atoms with Crippen molar-refractivity contribution in [3.8, 4) is 0 Å². The highest BCUT2D eigenvalue weighted by atomic mass is 32.1. The monoisotopic (exact) mass is 237 g/mol. The summed E-state index contributed by atoms with van der Waals surface area (Å²) >= 11 is 1.86. The van der Waals surface area contributed by atoms with Gasteiger partial charge in [0.25, 0.3) is 0 Å². The molecule has 0 spiro atoms. The van der Waals surface area contributed by atoms with Crippen molar-refractivity contribution in [1.82, 2.24) is 0 Å². The number of thiophene rings is 1. The quantitative estimate of drug-likeness (QED) is 0.846. The molecule has 2 rings (SSSR count). The van der Waals surface area contributed by atoms with Crippen molar-refractivity contribution in [2.24, 2.45) is 17.6 Å². The molecule has 1 unspecified atom stereocenters. The first-order valence-electron chi connectivity index (χ1n) is 6.53. The Bertz CT molecular complexity index is 286. The lowest BCUT2D eigenvalue weighted by Crippen LogP contribution is -2.33. The van der Waals surface area contributed by atoms with Crippen molar-refractivity contribution in [2.75, 3.05) is 0 Å². The van der Waals surface area contributed by atoms with E-state index in [1.54, 1.807) is 0 Å². The smallest absolute Gasteiger partial charge is 0.00706 e. The van der Waals surface area contributed by atoms with Gasteiger partial charge in [0.2, 0.25) is 0 Å². The van der Waals surface area contributed by atoms with Crippen molar-refractivity contribution in [3.63, 3.8) is 0 Å². The second-order valence-electron chi connectivity index (χ2n) is 5.30. The van der Waals surface area contributed by atoms with E-state index in [2.05, 4.69) is 24.4 Å². The Kier molecular flexibility index (Phi) is 4.42. The van der Waals surface area contributed by atoms with E-state index < -0.39 is 0 Å². The molecule has 1 aliphatic rings. The Morgan fingerprint density at radius 1 is 1.38 bits per heavy atom. The zero-order chi connectivity index (χ0) is 11.4. The maximum atomic E-state index is 6.32. The Balaban J connectivity index is 1.73. The van der Waals surface area contributed by atoms with Crippen molar-refractivity contribution in [2.45, 2.75) is 51.5 Å². The molecule has 1 saturated carbocycles. The SMILES string of the molecule is CC1CCC(C(N)CCc2cccs2)CC1. The molecule has 1 aromatic heterocycles. The fourth-order valence-electron chi connectivity index (χ4n) is 2.71. The van der Waals surface area contributed by atoms with Gasteiger partial charge in [-0.1, -0.05) is 25.8 Å². The molecule has 2 heteroatoms. The van der Waals surface area contributed by atoms with Crippen LogP contribution in [0.2, 0.25) is 0 Å². The van der Waals surface area contributed by atoms with E-state index in [-0.39, 0.29) is 0 Å². The predicted octanol–water partition coefficient (Wildman–Crippen LogP) is 3.83. The van der Waals surface area contributed by atoms with Crippen LogP contribution in [0.3, 0.4) is 0 Å². The largest absolute Gasteiger partial charge is 0.327 e. The summed E-state index contributed by atoms with van der Waals surface area (Å²) in [4.78, 5) is 1.49. The molecule has 16 heavy (non-hydrogen) atoms. The molecule has 2 N–H and O–H groups in total. The lowest BCUT2D eigenvalue weighted by molar-refractivity contribution is 0.248. The first kappa shape index (κ1) is 12.1. The molecule has 0 aromatic carbocycles. The van der Waals surface area contributed by atoms with Crippen LogP contribution < -0.4 is 5.73 Å². The van der Waals surface area contributed by atoms with E-state index in [1.807, 2.05) is 11.3 Å². The highest BCUT2D eigenvalue weighted by Crippen LogP contribution is 2.31. The van der Waals surface area contributed by atoms with E-state index in [1.165, 1.54) is 43.4 Å². The highest BCUT2D eigenvalue weighted by molar-refractivity contribution is 7.09. The fourth-order valence-corrected chi connectivity index (χ4v) is 3.44. The van der Waals surface area contributed by atoms with E-state index in [9.17, 15) is 0 Å². The van der Waals surface area contributed by atoms with E-state index in [0.29, 0.717) is 6.04 Å². The van der Waals surface area contributed by atoms with E-state index in [4.69, 9.17) is 5.73 Å². The molecule has 90 valence electrons. The third-order valence-electron chi connectivity index (χ3n) is 3.97.